The van der Waals surface area contributed by atoms with E-state index in [1.165, 1.54) is 18.1 Å². The zero-order chi connectivity index (χ0) is 17.8. The van der Waals surface area contributed by atoms with E-state index in [0.717, 1.165) is 5.75 Å². The number of hydrogen-bond donors (Lipinski definition) is 3. The number of anilines is 1. The lowest BCUT2D eigenvalue weighted by Crippen LogP contribution is -2.26. The molecule has 1 atom stereocenters. The number of nitrogens with two attached hydrogens (primary N) is 1. The third-order valence-corrected chi connectivity index (χ3v) is 4.48. The first-order valence-corrected chi connectivity index (χ1v) is 8.40. The summed E-state index contributed by atoms with van der Waals surface area (Å²) in [5, 5.41) is 3.27. The summed E-state index contributed by atoms with van der Waals surface area (Å²) in [5.41, 5.74) is 6.93. The number of benzene rings is 1. The Bertz CT molecular complexity index is 791. The second-order valence-electron chi connectivity index (χ2n) is 5.34. The molecule has 0 spiro atoms. The molecule has 1 unspecified atom stereocenters. The van der Waals surface area contributed by atoms with Crippen molar-refractivity contribution in [2.45, 2.75) is 13.0 Å². The minimum atomic E-state index is -0.242. The number of carbonyl (C=O) groups is 1. The van der Waals surface area contributed by atoms with Gasteiger partial charge in [0.2, 0.25) is 5.88 Å². The molecule has 7 nitrogen and oxygen atoms in total. The van der Waals surface area contributed by atoms with Crippen molar-refractivity contribution in [3.63, 3.8) is 0 Å². The molecule has 0 aliphatic carbocycles. The normalized spacial score (nSPS) is 16.6. The molecule has 2 heterocycles. The van der Waals surface area contributed by atoms with Crippen LogP contribution >= 0.6 is 11.9 Å². The van der Waals surface area contributed by atoms with Gasteiger partial charge >= 0.3 is 0 Å². The number of ether oxygens (including phenoxy) is 2. The third-order valence-electron chi connectivity index (χ3n) is 3.56. The van der Waals surface area contributed by atoms with Crippen molar-refractivity contribution in [3.05, 3.63) is 53.2 Å². The van der Waals surface area contributed by atoms with Crippen LogP contribution < -0.4 is 25.2 Å². The summed E-state index contributed by atoms with van der Waals surface area (Å²) in [6, 6.07) is 10.5. The van der Waals surface area contributed by atoms with Crippen LogP contribution in [0.25, 0.3) is 0 Å². The van der Waals surface area contributed by atoms with E-state index in [-0.39, 0.29) is 11.9 Å². The summed E-state index contributed by atoms with van der Waals surface area (Å²) in [5.74, 6) is 1.58. The van der Waals surface area contributed by atoms with E-state index < -0.39 is 0 Å². The predicted molar refractivity (Wildman–Crippen MR) is 97.3 cm³/mol. The lowest BCUT2D eigenvalue weighted by Gasteiger charge is -2.10. The van der Waals surface area contributed by atoms with Crippen LogP contribution in [0.15, 0.2) is 53.2 Å². The third kappa shape index (κ3) is 4.04. The van der Waals surface area contributed by atoms with Crippen LogP contribution in [0.5, 0.6) is 17.4 Å². The second-order valence-corrected chi connectivity index (χ2v) is 6.22. The van der Waals surface area contributed by atoms with E-state index in [9.17, 15) is 4.79 Å². The van der Waals surface area contributed by atoms with Gasteiger partial charge in [-0.2, -0.15) is 0 Å². The first kappa shape index (κ1) is 17.1. The van der Waals surface area contributed by atoms with Crippen molar-refractivity contribution in [1.29, 1.82) is 0 Å². The van der Waals surface area contributed by atoms with Crippen molar-refractivity contribution in [2.24, 2.45) is 5.73 Å². The Morgan fingerprint density at radius 3 is 2.52 bits per heavy atom. The Morgan fingerprint density at radius 2 is 1.96 bits per heavy atom. The minimum Gasteiger partial charge on any atom is -0.497 e. The zero-order valence-electron chi connectivity index (χ0n) is 13.8. The molecule has 0 bridgehead atoms. The van der Waals surface area contributed by atoms with E-state index >= 15 is 0 Å². The average Bonchev–Trinajstić information content (AvgIpc) is 2.96. The quantitative estimate of drug-likeness (QED) is 0.707. The van der Waals surface area contributed by atoms with Gasteiger partial charge in [-0.1, -0.05) is 0 Å². The minimum absolute atomic E-state index is 0.101. The smallest absolute Gasteiger partial charge is 0.255 e. The van der Waals surface area contributed by atoms with Crippen molar-refractivity contribution in [2.75, 3.05) is 12.4 Å². The van der Waals surface area contributed by atoms with Gasteiger partial charge in [-0.25, -0.2) is 4.98 Å². The van der Waals surface area contributed by atoms with Gasteiger partial charge in [-0.3, -0.25) is 9.52 Å². The van der Waals surface area contributed by atoms with Gasteiger partial charge < -0.3 is 20.5 Å². The molecule has 3 rings (SSSR count). The SMILES string of the molecule is COc1ccc(Oc2ccc(NC(=O)C3=C(N)SNC3C)cn2)cc1. The van der Waals surface area contributed by atoms with Crippen molar-refractivity contribution >= 4 is 23.5 Å². The number of pyridine rings is 1. The molecule has 0 radical (unpaired) electrons. The fraction of sp³-hybridized carbons (Fsp3) is 0.176. The molecule has 1 aromatic heterocycles. The Kier molecular flexibility index (Phi) is 5.11. The Morgan fingerprint density at radius 1 is 1.24 bits per heavy atom. The molecule has 0 saturated heterocycles. The van der Waals surface area contributed by atoms with Gasteiger partial charge in [-0.05, 0) is 49.2 Å². The highest BCUT2D eigenvalue weighted by Gasteiger charge is 2.26. The van der Waals surface area contributed by atoms with E-state index in [2.05, 4.69) is 15.0 Å². The first-order chi connectivity index (χ1) is 12.1. The van der Waals surface area contributed by atoms with Crippen LogP contribution in [0.1, 0.15) is 6.92 Å². The number of carbonyl (C=O) groups excluding carboxylic acids is 1. The molecular formula is C17H18N4O3S. The molecule has 8 heteroatoms. The lowest BCUT2D eigenvalue weighted by atomic mass is 10.1. The highest BCUT2D eigenvalue weighted by molar-refractivity contribution is 8.01. The van der Waals surface area contributed by atoms with Crippen LogP contribution in [-0.2, 0) is 4.79 Å². The molecule has 4 N–H and O–H groups in total. The van der Waals surface area contributed by atoms with Crippen molar-refractivity contribution in [1.82, 2.24) is 9.71 Å². The summed E-state index contributed by atoms with van der Waals surface area (Å²) in [6.07, 6.45) is 1.54. The molecule has 1 aliphatic rings. The standard InChI is InChI=1S/C17H18N4O3S/c1-10-15(16(18)25-21-10)17(22)20-11-3-8-14(19-9-11)24-13-6-4-12(23-2)5-7-13/h3-10,21H,18H2,1-2H3,(H,20,22). The number of nitrogens with zero attached hydrogens (tertiary/aromatic N) is 1. The topological polar surface area (TPSA) is 98.5 Å². The lowest BCUT2D eigenvalue weighted by molar-refractivity contribution is -0.113. The maximum Gasteiger partial charge on any atom is 0.255 e. The molecule has 0 fully saturated rings. The monoisotopic (exact) mass is 358 g/mol. The predicted octanol–water partition coefficient (Wildman–Crippen LogP) is 2.63. The number of hydrogen-bond acceptors (Lipinski definition) is 7. The molecule has 25 heavy (non-hydrogen) atoms. The number of nitrogens with one attached hydrogen (secondary N) is 2. The Hall–Kier alpha value is -2.71. The fourth-order valence-corrected chi connectivity index (χ4v) is 3.07. The van der Waals surface area contributed by atoms with Gasteiger partial charge in [0, 0.05) is 12.1 Å². The van der Waals surface area contributed by atoms with Crippen LogP contribution in [0.3, 0.4) is 0 Å². The number of amides is 1. The van der Waals surface area contributed by atoms with Gasteiger partial charge in [0.05, 0.1) is 29.6 Å². The largest absolute Gasteiger partial charge is 0.497 e. The van der Waals surface area contributed by atoms with Gasteiger partial charge in [-0.15, -0.1) is 0 Å². The Balaban J connectivity index is 1.64. The summed E-state index contributed by atoms with van der Waals surface area (Å²) in [6.45, 7) is 1.88. The van der Waals surface area contributed by atoms with E-state index in [1.807, 2.05) is 6.92 Å². The molecule has 1 aromatic carbocycles. The molecule has 0 saturated carbocycles. The maximum atomic E-state index is 12.3. The number of rotatable bonds is 5. The molecular weight excluding hydrogens is 340 g/mol. The van der Waals surface area contributed by atoms with Crippen LogP contribution in [0, 0.1) is 0 Å². The van der Waals surface area contributed by atoms with Crippen LogP contribution in [0.4, 0.5) is 5.69 Å². The average molecular weight is 358 g/mol. The fourth-order valence-electron chi connectivity index (χ4n) is 2.27. The van der Waals surface area contributed by atoms with Crippen molar-refractivity contribution in [3.8, 4) is 17.4 Å². The number of methoxy groups -OCH3 is 1. The van der Waals surface area contributed by atoms with E-state index in [1.54, 1.807) is 43.5 Å². The van der Waals surface area contributed by atoms with E-state index in [0.29, 0.717) is 27.9 Å². The highest BCUT2D eigenvalue weighted by Crippen LogP contribution is 2.26. The van der Waals surface area contributed by atoms with Crippen molar-refractivity contribution < 1.29 is 14.3 Å². The Labute approximate surface area is 149 Å². The molecule has 1 amide bonds. The van der Waals surface area contributed by atoms with E-state index in [4.69, 9.17) is 15.2 Å². The number of aromatic nitrogens is 1. The highest BCUT2D eigenvalue weighted by atomic mass is 32.2. The zero-order valence-corrected chi connectivity index (χ0v) is 14.6. The summed E-state index contributed by atoms with van der Waals surface area (Å²) < 4.78 is 13.8. The summed E-state index contributed by atoms with van der Waals surface area (Å²) >= 11 is 1.26. The first-order valence-electron chi connectivity index (χ1n) is 7.58. The maximum absolute atomic E-state index is 12.3. The molecule has 2 aromatic rings. The van der Waals surface area contributed by atoms with Gasteiger partial charge in [0.15, 0.2) is 0 Å². The summed E-state index contributed by atoms with van der Waals surface area (Å²) in [4.78, 5) is 16.5. The second kappa shape index (κ2) is 7.45. The molecule has 1 aliphatic heterocycles. The summed E-state index contributed by atoms with van der Waals surface area (Å²) in [7, 11) is 1.61. The van der Waals surface area contributed by atoms with Crippen LogP contribution in [-0.4, -0.2) is 24.0 Å². The molecule has 130 valence electrons. The van der Waals surface area contributed by atoms with Gasteiger partial charge in [0.1, 0.15) is 11.5 Å². The van der Waals surface area contributed by atoms with Gasteiger partial charge in [0.25, 0.3) is 5.91 Å². The van der Waals surface area contributed by atoms with Crippen LogP contribution in [0.2, 0.25) is 0 Å².